The van der Waals surface area contributed by atoms with Crippen molar-refractivity contribution in [3.05, 3.63) is 39.1 Å². The molecular formula is C27H31N7O9S. The number of anilines is 2. The van der Waals surface area contributed by atoms with Crippen molar-refractivity contribution in [2.24, 2.45) is 7.05 Å². The van der Waals surface area contributed by atoms with E-state index in [1.54, 1.807) is 23.9 Å². The first-order chi connectivity index (χ1) is 20.8. The number of thiophene rings is 1. The molecule has 0 aliphatic heterocycles. The molecule has 2 amide bonds. The standard InChI is InChI=1S/C27H31N7O9S/c1-3-11-34(12-10-14-13-33(2)22-21(14)24(39)32-27(28)31-22)19-8-6-17(44-19)23(38)30-16(26(42)43)4-7-18(35)29-15(25(40)41)5-9-20(36)37/h1,6,8,13,15-16H,4-5,7,9-12H2,2H3,(H,29,35)(H,30,38)(H,36,37)(H,40,41)(H,42,43)(H3,28,31,32,39)/t15-,16-/m0/s1. The third-order valence-electron chi connectivity index (χ3n) is 6.53. The zero-order valence-corrected chi connectivity index (χ0v) is 24.3. The Hall–Kier alpha value is -5.37. The Morgan fingerprint density at radius 3 is 2.41 bits per heavy atom. The molecule has 3 heterocycles. The molecule has 0 fully saturated rings. The van der Waals surface area contributed by atoms with Gasteiger partial charge >= 0.3 is 17.9 Å². The molecule has 0 radical (unpaired) electrons. The van der Waals surface area contributed by atoms with Gasteiger partial charge < -0.3 is 41.2 Å². The van der Waals surface area contributed by atoms with Crippen LogP contribution in [0.4, 0.5) is 10.9 Å². The van der Waals surface area contributed by atoms with Gasteiger partial charge in [-0.25, -0.2) is 9.59 Å². The molecule has 3 aromatic heterocycles. The van der Waals surface area contributed by atoms with Crippen molar-refractivity contribution in [3.63, 3.8) is 0 Å². The average molecular weight is 630 g/mol. The van der Waals surface area contributed by atoms with Crippen molar-refractivity contribution in [3.8, 4) is 12.3 Å². The number of terminal acetylenes is 1. The first kappa shape index (κ1) is 33.1. The van der Waals surface area contributed by atoms with Crippen molar-refractivity contribution in [2.45, 2.75) is 44.2 Å². The molecule has 16 nitrogen and oxygen atoms in total. The Bertz CT molecular complexity index is 1670. The smallest absolute Gasteiger partial charge is 0.326 e. The highest BCUT2D eigenvalue weighted by Crippen LogP contribution is 2.27. The normalized spacial score (nSPS) is 12.2. The van der Waals surface area contributed by atoms with E-state index in [1.807, 2.05) is 4.90 Å². The SMILES string of the molecule is C#CCN(CCc1cn(C)c2nc(N)[nH]c(=O)c12)c1ccc(C(=O)N[C@@H](CCC(=O)N[C@@H](CCC(=O)O)C(=O)O)C(=O)O)s1. The number of nitrogens with zero attached hydrogens (tertiary/aromatic N) is 3. The molecule has 0 saturated carbocycles. The van der Waals surface area contributed by atoms with E-state index in [2.05, 4.69) is 26.5 Å². The van der Waals surface area contributed by atoms with Gasteiger partial charge in [0.2, 0.25) is 11.9 Å². The van der Waals surface area contributed by atoms with Gasteiger partial charge in [-0.1, -0.05) is 5.92 Å². The highest BCUT2D eigenvalue weighted by Gasteiger charge is 2.25. The number of nitrogens with one attached hydrogen (secondary N) is 3. The molecule has 3 aromatic rings. The Labute approximate surface area is 253 Å². The van der Waals surface area contributed by atoms with Gasteiger partial charge in [-0.3, -0.25) is 24.2 Å². The zero-order chi connectivity index (χ0) is 32.6. The minimum Gasteiger partial charge on any atom is -0.481 e. The lowest BCUT2D eigenvalue weighted by molar-refractivity contribution is -0.143. The summed E-state index contributed by atoms with van der Waals surface area (Å²) >= 11 is 1.07. The summed E-state index contributed by atoms with van der Waals surface area (Å²) in [5.74, 6) is -3.02. The van der Waals surface area contributed by atoms with Gasteiger partial charge in [0.25, 0.3) is 11.5 Å². The number of fused-ring (bicyclic) bond motifs is 1. The Balaban J connectivity index is 1.64. The lowest BCUT2D eigenvalue weighted by Gasteiger charge is -2.20. The number of hydrogen-bond acceptors (Lipinski definition) is 10. The predicted molar refractivity (Wildman–Crippen MR) is 159 cm³/mol. The average Bonchev–Trinajstić information content (AvgIpc) is 3.56. The Kier molecular flexibility index (Phi) is 11.1. The molecule has 0 aromatic carbocycles. The summed E-state index contributed by atoms with van der Waals surface area (Å²) in [6, 6.07) is 0.236. The summed E-state index contributed by atoms with van der Waals surface area (Å²) in [4.78, 5) is 80.1. The van der Waals surface area contributed by atoms with Gasteiger partial charge in [0.1, 0.15) is 17.7 Å². The van der Waals surface area contributed by atoms with Gasteiger partial charge in [0.05, 0.1) is 21.8 Å². The second-order valence-electron chi connectivity index (χ2n) is 9.72. The van der Waals surface area contributed by atoms with Crippen LogP contribution in [0.5, 0.6) is 0 Å². The molecule has 17 heteroatoms. The van der Waals surface area contributed by atoms with Crippen molar-refractivity contribution in [2.75, 3.05) is 23.7 Å². The second-order valence-corrected chi connectivity index (χ2v) is 10.8. The van der Waals surface area contributed by atoms with E-state index in [-0.39, 0.29) is 35.8 Å². The van der Waals surface area contributed by atoms with Crippen LogP contribution < -0.4 is 26.8 Å². The number of carboxylic acid groups (broad SMARTS) is 3. The molecule has 0 saturated heterocycles. The number of hydrogen-bond donors (Lipinski definition) is 7. The predicted octanol–water partition coefficient (Wildman–Crippen LogP) is -0.0150. The summed E-state index contributed by atoms with van der Waals surface area (Å²) in [5.41, 5.74) is 6.45. The van der Waals surface area contributed by atoms with Gasteiger partial charge in [-0.15, -0.1) is 17.8 Å². The van der Waals surface area contributed by atoms with E-state index in [9.17, 15) is 39.0 Å². The molecule has 0 bridgehead atoms. The maximum atomic E-state index is 12.9. The van der Waals surface area contributed by atoms with Gasteiger partial charge in [0.15, 0.2) is 0 Å². The number of aromatic amines is 1. The third kappa shape index (κ3) is 8.58. The summed E-state index contributed by atoms with van der Waals surface area (Å²) in [6.45, 7) is 0.565. The lowest BCUT2D eigenvalue weighted by Crippen LogP contribution is -2.44. The van der Waals surface area contributed by atoms with E-state index in [0.717, 1.165) is 16.9 Å². The fourth-order valence-corrected chi connectivity index (χ4v) is 5.31. The number of rotatable bonds is 16. The summed E-state index contributed by atoms with van der Waals surface area (Å²) in [5, 5.41) is 33.1. The molecular weight excluding hydrogens is 598 g/mol. The number of nitrogen functional groups attached to an aromatic ring is 1. The zero-order valence-electron chi connectivity index (χ0n) is 23.5. The van der Waals surface area contributed by atoms with Crippen molar-refractivity contribution < 1.29 is 39.3 Å². The molecule has 0 aliphatic carbocycles. The van der Waals surface area contributed by atoms with Crippen LogP contribution in [0.1, 0.15) is 40.9 Å². The van der Waals surface area contributed by atoms with E-state index in [0.29, 0.717) is 29.0 Å². The molecule has 0 spiro atoms. The van der Waals surface area contributed by atoms with Crippen LogP contribution in [0.15, 0.2) is 23.1 Å². The Morgan fingerprint density at radius 2 is 1.77 bits per heavy atom. The fraction of sp³-hybridized carbons (Fsp3) is 0.370. The number of nitrogens with two attached hydrogens (primary N) is 1. The van der Waals surface area contributed by atoms with Crippen LogP contribution in [0.2, 0.25) is 0 Å². The van der Waals surface area contributed by atoms with Gasteiger partial charge in [-0.05, 0) is 37.0 Å². The number of amides is 2. The molecule has 2 atom stereocenters. The van der Waals surface area contributed by atoms with E-state index in [4.69, 9.17) is 17.3 Å². The van der Waals surface area contributed by atoms with Gasteiger partial charge in [0, 0.05) is 32.6 Å². The van der Waals surface area contributed by atoms with Crippen molar-refractivity contribution in [1.82, 2.24) is 25.2 Å². The highest BCUT2D eigenvalue weighted by atomic mass is 32.1. The van der Waals surface area contributed by atoms with E-state index < -0.39 is 54.6 Å². The minimum atomic E-state index is -1.46. The van der Waals surface area contributed by atoms with Gasteiger partial charge in [-0.2, -0.15) is 4.98 Å². The second kappa shape index (κ2) is 14.7. The number of carboxylic acids is 3. The molecule has 8 N–H and O–H groups in total. The summed E-state index contributed by atoms with van der Waals surface area (Å²) in [7, 11) is 1.74. The maximum absolute atomic E-state index is 12.9. The van der Waals surface area contributed by atoms with E-state index in [1.165, 1.54) is 6.07 Å². The largest absolute Gasteiger partial charge is 0.481 e. The molecule has 0 aliphatic rings. The summed E-state index contributed by atoms with van der Waals surface area (Å²) < 4.78 is 1.70. The van der Waals surface area contributed by atoms with Crippen LogP contribution in [0.3, 0.4) is 0 Å². The highest BCUT2D eigenvalue weighted by molar-refractivity contribution is 7.18. The number of carbonyl (C=O) groups is 5. The quantitative estimate of drug-likeness (QED) is 0.103. The van der Waals surface area contributed by atoms with Crippen molar-refractivity contribution in [1.29, 1.82) is 0 Å². The summed E-state index contributed by atoms with van der Waals surface area (Å²) in [6.07, 6.45) is 6.15. The fourth-order valence-electron chi connectivity index (χ4n) is 4.38. The topological polar surface area (TPSA) is 250 Å². The van der Waals surface area contributed by atoms with Crippen LogP contribution in [0.25, 0.3) is 11.0 Å². The van der Waals surface area contributed by atoms with Crippen molar-refractivity contribution >= 4 is 63.0 Å². The van der Waals surface area contributed by atoms with Crippen LogP contribution in [0, 0.1) is 12.3 Å². The number of H-pyrrole nitrogens is 1. The number of carbonyl (C=O) groups excluding carboxylic acids is 2. The monoisotopic (exact) mass is 629 g/mol. The third-order valence-corrected chi connectivity index (χ3v) is 7.67. The number of aliphatic carboxylic acids is 3. The minimum absolute atomic E-state index is 0.00168. The van der Waals surface area contributed by atoms with Crippen LogP contribution >= 0.6 is 11.3 Å². The number of aryl methyl sites for hydroxylation is 1. The van der Waals surface area contributed by atoms with Crippen LogP contribution in [-0.4, -0.2) is 84.8 Å². The molecule has 234 valence electrons. The first-order valence-corrected chi connectivity index (χ1v) is 14.0. The maximum Gasteiger partial charge on any atom is 0.326 e. The number of aromatic nitrogens is 3. The molecule has 44 heavy (non-hydrogen) atoms. The van der Waals surface area contributed by atoms with Crippen LogP contribution in [-0.2, 0) is 32.6 Å². The molecule has 3 rings (SSSR count). The molecule has 0 unspecified atom stereocenters. The lowest BCUT2D eigenvalue weighted by atomic mass is 10.1. The first-order valence-electron chi connectivity index (χ1n) is 13.2. The Morgan fingerprint density at radius 1 is 1.11 bits per heavy atom. The van der Waals surface area contributed by atoms with E-state index >= 15 is 0 Å².